The average Bonchev–Trinajstić information content (AvgIpc) is 3.66. The zero-order valence-corrected chi connectivity index (χ0v) is 21.6. The minimum atomic E-state index is -3.45. The molecule has 0 spiro atoms. The Morgan fingerprint density at radius 2 is 2.11 bits per heavy atom. The molecule has 0 aromatic carbocycles. The molecule has 0 bridgehead atoms. The SMILES string of the molecule is CCOc1cncc(-c2cnc(C(=O)N[C@@H](c3cc(NS(=O)(=O)C4CC4)ccn3)[C@H]3COCCO3)s2)n1. The minimum absolute atomic E-state index is 0.214. The lowest BCUT2D eigenvalue weighted by atomic mass is 10.1. The Labute approximate surface area is 217 Å². The summed E-state index contributed by atoms with van der Waals surface area (Å²) in [6.07, 6.45) is 6.92. The van der Waals surface area contributed by atoms with Crippen molar-refractivity contribution in [1.29, 1.82) is 0 Å². The van der Waals surface area contributed by atoms with Crippen molar-refractivity contribution in [2.75, 3.05) is 31.1 Å². The van der Waals surface area contributed by atoms with Crippen LogP contribution in [0.15, 0.2) is 36.9 Å². The summed E-state index contributed by atoms with van der Waals surface area (Å²) in [5.74, 6) is -0.0488. The summed E-state index contributed by atoms with van der Waals surface area (Å²) < 4.78 is 44.3. The van der Waals surface area contributed by atoms with Crippen LogP contribution in [0.25, 0.3) is 10.6 Å². The smallest absolute Gasteiger partial charge is 0.280 e. The molecule has 3 aromatic heterocycles. The fraction of sp³-hybridized carbons (Fsp3) is 0.435. The second-order valence-electron chi connectivity index (χ2n) is 8.46. The fourth-order valence-electron chi connectivity index (χ4n) is 3.75. The topological polar surface area (TPSA) is 155 Å². The van der Waals surface area contributed by atoms with Crippen LogP contribution in [0.5, 0.6) is 5.88 Å². The molecule has 2 fully saturated rings. The van der Waals surface area contributed by atoms with E-state index in [0.717, 1.165) is 11.3 Å². The van der Waals surface area contributed by atoms with E-state index in [0.29, 0.717) is 60.5 Å². The lowest BCUT2D eigenvalue weighted by Crippen LogP contribution is -2.43. The summed E-state index contributed by atoms with van der Waals surface area (Å²) >= 11 is 1.16. The molecule has 0 unspecified atom stereocenters. The van der Waals surface area contributed by atoms with Crippen LogP contribution in [-0.2, 0) is 19.5 Å². The summed E-state index contributed by atoms with van der Waals surface area (Å²) in [5, 5.41) is 2.79. The van der Waals surface area contributed by atoms with E-state index in [1.165, 1.54) is 12.4 Å². The van der Waals surface area contributed by atoms with Crippen molar-refractivity contribution in [3.8, 4) is 16.5 Å². The summed E-state index contributed by atoms with van der Waals surface area (Å²) in [6, 6.07) is 2.47. The van der Waals surface area contributed by atoms with Crippen LogP contribution < -0.4 is 14.8 Å². The number of aromatic nitrogens is 4. The van der Waals surface area contributed by atoms with Gasteiger partial charge < -0.3 is 19.5 Å². The molecule has 37 heavy (non-hydrogen) atoms. The van der Waals surface area contributed by atoms with E-state index < -0.39 is 28.1 Å². The molecule has 12 nitrogen and oxygen atoms in total. The molecule has 1 aliphatic carbocycles. The third-order valence-electron chi connectivity index (χ3n) is 5.68. The highest BCUT2D eigenvalue weighted by atomic mass is 32.2. The molecule has 1 saturated heterocycles. The van der Waals surface area contributed by atoms with Crippen LogP contribution in [0.1, 0.15) is 41.3 Å². The number of sulfonamides is 1. The van der Waals surface area contributed by atoms with Gasteiger partial charge in [0.05, 0.1) is 60.3 Å². The Hall–Kier alpha value is -3.20. The van der Waals surface area contributed by atoms with Crippen molar-refractivity contribution >= 4 is 33.0 Å². The molecule has 0 radical (unpaired) electrons. The highest BCUT2D eigenvalue weighted by molar-refractivity contribution is 7.93. The van der Waals surface area contributed by atoms with Gasteiger partial charge in [-0.05, 0) is 31.9 Å². The van der Waals surface area contributed by atoms with Gasteiger partial charge in [-0.25, -0.2) is 18.4 Å². The first kappa shape index (κ1) is 25.4. The normalized spacial score (nSPS) is 18.7. The van der Waals surface area contributed by atoms with Gasteiger partial charge in [0, 0.05) is 12.4 Å². The van der Waals surface area contributed by atoms with Gasteiger partial charge in [-0.3, -0.25) is 19.5 Å². The first-order chi connectivity index (χ1) is 17.9. The summed E-state index contributed by atoms with van der Waals surface area (Å²) in [7, 11) is -3.45. The van der Waals surface area contributed by atoms with Crippen molar-refractivity contribution in [3.05, 3.63) is 47.6 Å². The predicted molar refractivity (Wildman–Crippen MR) is 135 cm³/mol. The van der Waals surface area contributed by atoms with E-state index in [2.05, 4.69) is 30.0 Å². The maximum absolute atomic E-state index is 13.2. The second kappa shape index (κ2) is 11.0. The molecular weight excluding hydrogens is 520 g/mol. The number of amides is 1. The monoisotopic (exact) mass is 546 g/mol. The van der Waals surface area contributed by atoms with E-state index in [9.17, 15) is 13.2 Å². The number of hydrogen-bond acceptors (Lipinski definition) is 11. The van der Waals surface area contributed by atoms with E-state index in [-0.39, 0.29) is 16.9 Å². The highest BCUT2D eigenvalue weighted by Crippen LogP contribution is 2.31. The number of thiazole rings is 1. The number of pyridine rings is 1. The van der Waals surface area contributed by atoms with Crippen LogP contribution in [0.3, 0.4) is 0 Å². The first-order valence-corrected chi connectivity index (χ1v) is 14.2. The number of ether oxygens (including phenoxy) is 3. The van der Waals surface area contributed by atoms with Gasteiger partial charge in [0.2, 0.25) is 15.9 Å². The van der Waals surface area contributed by atoms with Crippen molar-refractivity contribution < 1.29 is 27.4 Å². The Kier molecular flexibility index (Phi) is 7.60. The third kappa shape index (κ3) is 6.21. The van der Waals surface area contributed by atoms with Gasteiger partial charge in [-0.2, -0.15) is 0 Å². The zero-order chi connectivity index (χ0) is 25.8. The van der Waals surface area contributed by atoms with Gasteiger partial charge in [0.25, 0.3) is 5.91 Å². The van der Waals surface area contributed by atoms with E-state index in [4.69, 9.17) is 14.2 Å². The second-order valence-corrected chi connectivity index (χ2v) is 11.4. The van der Waals surface area contributed by atoms with Crippen LogP contribution in [0.2, 0.25) is 0 Å². The molecule has 4 heterocycles. The summed E-state index contributed by atoms with van der Waals surface area (Å²) in [6.45, 7) is 3.37. The third-order valence-corrected chi connectivity index (χ3v) is 8.57. The Morgan fingerprint density at radius 1 is 1.24 bits per heavy atom. The van der Waals surface area contributed by atoms with E-state index in [1.807, 2.05) is 6.92 Å². The molecule has 14 heteroatoms. The van der Waals surface area contributed by atoms with Gasteiger partial charge >= 0.3 is 0 Å². The van der Waals surface area contributed by atoms with E-state index >= 15 is 0 Å². The number of hydrogen-bond donors (Lipinski definition) is 2. The standard InChI is InChI=1S/C23H26N6O6S2/c1-2-34-20-12-24-10-17(27-20)19-11-26-23(36-19)22(30)28-21(18-13-33-7-8-35-18)16-9-14(5-6-25-16)29-37(31,32)15-3-4-15/h5-6,9-12,15,18,21H,2-4,7-8,13H2,1H3,(H,25,29)(H,28,30)/t18-,21+/m1/s1. The largest absolute Gasteiger partial charge is 0.477 e. The molecule has 1 amide bonds. The number of nitrogens with one attached hydrogen (secondary N) is 2. The van der Waals surface area contributed by atoms with Crippen LogP contribution in [0.4, 0.5) is 5.69 Å². The molecule has 1 aliphatic heterocycles. The van der Waals surface area contributed by atoms with Crippen molar-refractivity contribution in [1.82, 2.24) is 25.3 Å². The maximum Gasteiger partial charge on any atom is 0.280 e. The minimum Gasteiger partial charge on any atom is -0.477 e. The van der Waals surface area contributed by atoms with Gasteiger partial charge in [-0.1, -0.05) is 0 Å². The maximum atomic E-state index is 13.2. The number of carbonyl (C=O) groups excluding carboxylic acids is 1. The van der Waals surface area contributed by atoms with Crippen molar-refractivity contribution in [2.24, 2.45) is 0 Å². The Morgan fingerprint density at radius 3 is 2.86 bits per heavy atom. The molecule has 3 aromatic rings. The Bertz CT molecular complexity index is 1360. The number of nitrogens with zero attached hydrogens (tertiary/aromatic N) is 4. The summed E-state index contributed by atoms with van der Waals surface area (Å²) in [5.41, 5.74) is 1.35. The van der Waals surface area contributed by atoms with Crippen molar-refractivity contribution in [3.63, 3.8) is 0 Å². The fourth-order valence-corrected chi connectivity index (χ4v) is 5.90. The van der Waals surface area contributed by atoms with Crippen LogP contribution >= 0.6 is 11.3 Å². The molecular formula is C23H26N6O6S2. The lowest BCUT2D eigenvalue weighted by molar-refractivity contribution is -0.101. The molecule has 5 rings (SSSR count). The van der Waals surface area contributed by atoms with Crippen LogP contribution in [-0.4, -0.2) is 72.0 Å². The van der Waals surface area contributed by atoms with E-state index in [1.54, 1.807) is 24.5 Å². The lowest BCUT2D eigenvalue weighted by Gasteiger charge is -2.30. The number of anilines is 1. The van der Waals surface area contributed by atoms with Crippen LogP contribution in [0, 0.1) is 0 Å². The van der Waals surface area contributed by atoms with Gasteiger partial charge in [0.15, 0.2) is 5.01 Å². The first-order valence-electron chi connectivity index (χ1n) is 11.8. The van der Waals surface area contributed by atoms with Gasteiger partial charge in [0.1, 0.15) is 17.8 Å². The summed E-state index contributed by atoms with van der Waals surface area (Å²) in [4.78, 5) is 31.1. The molecule has 196 valence electrons. The number of carbonyl (C=O) groups is 1. The predicted octanol–water partition coefficient (Wildman–Crippen LogP) is 2.18. The zero-order valence-electron chi connectivity index (χ0n) is 20.0. The molecule has 1 saturated carbocycles. The molecule has 2 aliphatic rings. The molecule has 2 N–H and O–H groups in total. The van der Waals surface area contributed by atoms with Crippen molar-refractivity contribution in [2.45, 2.75) is 37.2 Å². The average molecular weight is 547 g/mol. The number of rotatable bonds is 10. The quantitative estimate of drug-likeness (QED) is 0.387. The molecule has 2 atom stereocenters. The Balaban J connectivity index is 1.36. The van der Waals surface area contributed by atoms with Gasteiger partial charge in [-0.15, -0.1) is 11.3 Å². The highest BCUT2D eigenvalue weighted by Gasteiger charge is 2.36.